The molecule has 0 saturated heterocycles. The van der Waals surface area contributed by atoms with Crippen molar-refractivity contribution in [3.05, 3.63) is 89.4 Å². The molecule has 1 N–H and O–H groups in total. The number of carboxylic acid groups (broad SMARTS) is 1. The van der Waals surface area contributed by atoms with Crippen molar-refractivity contribution in [2.45, 2.75) is 0 Å². The van der Waals surface area contributed by atoms with Crippen molar-refractivity contribution in [1.82, 2.24) is 4.98 Å². The molecule has 4 aromatic rings. The molecule has 1 aromatic heterocycles. The van der Waals surface area contributed by atoms with Crippen LogP contribution in [-0.2, 0) is 0 Å². The van der Waals surface area contributed by atoms with Crippen LogP contribution in [-0.4, -0.2) is 11.0 Å². The molecule has 5 nitrogen and oxygen atoms in total. The van der Waals surface area contributed by atoms with Gasteiger partial charge in [-0.2, -0.15) is 0 Å². The Balaban J connectivity index is 1.65. The van der Waals surface area contributed by atoms with Crippen LogP contribution in [0.5, 0.6) is 10.8 Å². The van der Waals surface area contributed by atoms with E-state index in [-0.39, 0.29) is 5.56 Å². The third-order valence-corrected chi connectivity index (χ3v) is 5.14. The van der Waals surface area contributed by atoms with Crippen LogP contribution in [0.2, 0.25) is 5.02 Å². The van der Waals surface area contributed by atoms with Crippen molar-refractivity contribution in [2.75, 3.05) is 5.32 Å². The fraction of sp³-hybridized carbons (Fsp3) is 0. The lowest BCUT2D eigenvalue weighted by atomic mass is 10.2. The number of halogens is 1. The van der Waals surface area contributed by atoms with Crippen LogP contribution in [0.4, 0.5) is 10.8 Å². The SMILES string of the molecule is O=C([O-])c1ccc(Nc2nc(-c3ccccc3)c(Oc3ccc(Cl)cc3)s2)cc1. The number of anilines is 2. The number of rotatable bonds is 6. The van der Waals surface area contributed by atoms with Gasteiger partial charge in [-0.3, -0.25) is 0 Å². The molecule has 0 aliphatic heterocycles. The molecule has 1 heterocycles. The minimum Gasteiger partial charge on any atom is -0.545 e. The van der Waals surface area contributed by atoms with Gasteiger partial charge >= 0.3 is 0 Å². The van der Waals surface area contributed by atoms with E-state index in [9.17, 15) is 9.90 Å². The van der Waals surface area contributed by atoms with Gasteiger partial charge in [0.05, 0.1) is 5.97 Å². The summed E-state index contributed by atoms with van der Waals surface area (Å²) in [6.07, 6.45) is 0. The molecule has 0 bridgehead atoms. The Morgan fingerprint density at radius 1 is 0.966 bits per heavy atom. The summed E-state index contributed by atoms with van der Waals surface area (Å²) in [6.45, 7) is 0. The van der Waals surface area contributed by atoms with Crippen LogP contribution in [0, 0.1) is 0 Å². The molecule has 0 saturated carbocycles. The highest BCUT2D eigenvalue weighted by molar-refractivity contribution is 7.18. The zero-order valence-corrected chi connectivity index (χ0v) is 16.5. The second-order valence-electron chi connectivity index (χ2n) is 6.07. The Hall–Kier alpha value is -3.35. The van der Waals surface area contributed by atoms with E-state index in [1.807, 2.05) is 30.3 Å². The lowest BCUT2D eigenvalue weighted by Gasteiger charge is -2.05. The number of nitrogens with one attached hydrogen (secondary N) is 1. The molecule has 0 atom stereocenters. The van der Waals surface area contributed by atoms with E-state index in [0.717, 1.165) is 5.56 Å². The minimum atomic E-state index is -1.21. The molecule has 0 aliphatic rings. The number of carboxylic acids is 1. The number of aromatic nitrogens is 1. The molecule has 0 amide bonds. The second kappa shape index (κ2) is 8.34. The van der Waals surface area contributed by atoms with Gasteiger partial charge in [0.15, 0.2) is 5.13 Å². The molecule has 29 heavy (non-hydrogen) atoms. The van der Waals surface area contributed by atoms with Gasteiger partial charge in [-0.15, -0.1) is 0 Å². The number of hydrogen-bond donors (Lipinski definition) is 1. The van der Waals surface area contributed by atoms with Gasteiger partial charge in [0, 0.05) is 16.3 Å². The van der Waals surface area contributed by atoms with E-state index >= 15 is 0 Å². The minimum absolute atomic E-state index is 0.117. The summed E-state index contributed by atoms with van der Waals surface area (Å²) in [5, 5.41) is 16.0. The molecule has 0 aliphatic carbocycles. The zero-order chi connectivity index (χ0) is 20.2. The predicted octanol–water partition coefficient (Wildman–Crippen LogP) is 5.36. The molecular formula is C22H14ClN2O3S-. The second-order valence-corrected chi connectivity index (χ2v) is 7.46. The van der Waals surface area contributed by atoms with E-state index in [1.54, 1.807) is 36.4 Å². The molecule has 0 fully saturated rings. The molecule has 7 heteroatoms. The fourth-order valence-electron chi connectivity index (χ4n) is 2.63. The number of hydrogen-bond acceptors (Lipinski definition) is 6. The first-order valence-corrected chi connectivity index (χ1v) is 9.86. The third-order valence-electron chi connectivity index (χ3n) is 4.04. The Kier molecular flexibility index (Phi) is 5.46. The van der Waals surface area contributed by atoms with Crippen LogP contribution in [0.3, 0.4) is 0 Å². The van der Waals surface area contributed by atoms with Gasteiger partial charge in [-0.05, 0) is 42.0 Å². The molecule has 3 aromatic carbocycles. The number of carbonyl (C=O) groups excluding carboxylic acids is 1. The summed E-state index contributed by atoms with van der Waals surface area (Å²) >= 11 is 7.30. The number of nitrogens with zero attached hydrogens (tertiary/aromatic N) is 1. The number of carbonyl (C=O) groups is 1. The highest BCUT2D eigenvalue weighted by Crippen LogP contribution is 2.41. The highest BCUT2D eigenvalue weighted by atomic mass is 35.5. The monoisotopic (exact) mass is 421 g/mol. The maximum absolute atomic E-state index is 10.9. The van der Waals surface area contributed by atoms with Crippen LogP contribution in [0.25, 0.3) is 11.3 Å². The topological polar surface area (TPSA) is 74.3 Å². The Bertz CT molecular complexity index is 1130. The number of aromatic carboxylic acids is 1. The summed E-state index contributed by atoms with van der Waals surface area (Å²) in [5.74, 6) is -0.559. The largest absolute Gasteiger partial charge is 0.545 e. The number of ether oxygens (including phenoxy) is 1. The van der Waals surface area contributed by atoms with Crippen molar-refractivity contribution in [3.63, 3.8) is 0 Å². The molecule has 0 unspecified atom stereocenters. The smallest absolute Gasteiger partial charge is 0.210 e. The molecule has 144 valence electrons. The fourth-order valence-corrected chi connectivity index (χ4v) is 3.64. The van der Waals surface area contributed by atoms with Crippen LogP contribution >= 0.6 is 22.9 Å². The molecule has 4 rings (SSSR count). The van der Waals surface area contributed by atoms with Crippen molar-refractivity contribution in [1.29, 1.82) is 0 Å². The van der Waals surface area contributed by atoms with Crippen LogP contribution in [0.15, 0.2) is 78.9 Å². The summed E-state index contributed by atoms with van der Waals surface area (Å²) in [6, 6.07) is 23.1. The van der Waals surface area contributed by atoms with Crippen LogP contribution < -0.4 is 15.2 Å². The zero-order valence-electron chi connectivity index (χ0n) is 15.0. The lowest BCUT2D eigenvalue weighted by Crippen LogP contribution is -2.21. The first-order valence-electron chi connectivity index (χ1n) is 8.66. The van der Waals surface area contributed by atoms with Crippen molar-refractivity contribution in [3.8, 4) is 22.1 Å². The van der Waals surface area contributed by atoms with E-state index in [0.29, 0.717) is 32.3 Å². The summed E-state index contributed by atoms with van der Waals surface area (Å²) in [5.41, 5.74) is 2.46. The highest BCUT2D eigenvalue weighted by Gasteiger charge is 2.16. The van der Waals surface area contributed by atoms with Gasteiger partial charge < -0.3 is 20.0 Å². The first-order chi connectivity index (χ1) is 14.1. The Morgan fingerprint density at radius 3 is 2.31 bits per heavy atom. The quantitative estimate of drug-likeness (QED) is 0.453. The first kappa shape index (κ1) is 19.0. The average Bonchev–Trinajstić information content (AvgIpc) is 3.13. The molecule has 0 spiro atoms. The van der Waals surface area contributed by atoms with Crippen molar-refractivity contribution in [2.24, 2.45) is 0 Å². The summed E-state index contributed by atoms with van der Waals surface area (Å²) < 4.78 is 6.06. The van der Waals surface area contributed by atoms with E-state index in [2.05, 4.69) is 10.3 Å². The maximum Gasteiger partial charge on any atom is 0.210 e. The number of thiazole rings is 1. The van der Waals surface area contributed by atoms with Crippen molar-refractivity contribution >= 4 is 39.7 Å². The third kappa shape index (κ3) is 4.56. The van der Waals surface area contributed by atoms with Gasteiger partial charge in [-0.1, -0.05) is 65.4 Å². The van der Waals surface area contributed by atoms with Gasteiger partial charge in [-0.25, -0.2) is 4.98 Å². The standard InChI is InChI=1S/C22H15ClN2O3S/c23-16-8-12-18(13-9-16)28-21-19(14-4-2-1-3-5-14)25-22(29-21)24-17-10-6-15(7-11-17)20(26)27/h1-13H,(H,24,25)(H,26,27)/p-1. The van der Waals surface area contributed by atoms with E-state index in [1.165, 1.54) is 23.5 Å². The van der Waals surface area contributed by atoms with Crippen molar-refractivity contribution < 1.29 is 14.6 Å². The normalized spacial score (nSPS) is 10.5. The summed E-state index contributed by atoms with van der Waals surface area (Å²) in [4.78, 5) is 15.6. The van der Waals surface area contributed by atoms with Crippen LogP contribution in [0.1, 0.15) is 10.4 Å². The lowest BCUT2D eigenvalue weighted by molar-refractivity contribution is -0.255. The Labute approximate surface area is 176 Å². The van der Waals surface area contributed by atoms with E-state index in [4.69, 9.17) is 16.3 Å². The molecule has 0 radical (unpaired) electrons. The average molecular weight is 422 g/mol. The van der Waals surface area contributed by atoms with E-state index < -0.39 is 5.97 Å². The maximum atomic E-state index is 10.9. The van der Waals surface area contributed by atoms with Gasteiger partial charge in [0.1, 0.15) is 11.4 Å². The Morgan fingerprint density at radius 2 is 1.66 bits per heavy atom. The van der Waals surface area contributed by atoms with Gasteiger partial charge in [0.25, 0.3) is 0 Å². The number of benzene rings is 3. The predicted molar refractivity (Wildman–Crippen MR) is 113 cm³/mol. The molecular weight excluding hydrogens is 408 g/mol. The summed E-state index contributed by atoms with van der Waals surface area (Å²) in [7, 11) is 0. The van der Waals surface area contributed by atoms with Gasteiger partial charge in [0.2, 0.25) is 5.06 Å².